The fourth-order valence-electron chi connectivity index (χ4n) is 1.98. The van der Waals surface area contributed by atoms with Gasteiger partial charge in [0.2, 0.25) is 5.91 Å². The number of allylic oxidation sites excluding steroid dienone is 1. The van der Waals surface area contributed by atoms with Crippen molar-refractivity contribution in [3.8, 4) is 0 Å². The van der Waals surface area contributed by atoms with Gasteiger partial charge in [-0.1, -0.05) is 12.5 Å². The Morgan fingerprint density at radius 2 is 2.11 bits per heavy atom. The zero-order valence-electron chi connectivity index (χ0n) is 11.4. The topological polar surface area (TPSA) is 55.4 Å². The van der Waals surface area contributed by atoms with E-state index in [0.717, 1.165) is 18.4 Å². The van der Waals surface area contributed by atoms with Gasteiger partial charge in [-0.2, -0.15) is 0 Å². The van der Waals surface area contributed by atoms with Gasteiger partial charge in [0.1, 0.15) is 0 Å². The van der Waals surface area contributed by atoms with Crippen LogP contribution in [0.5, 0.6) is 0 Å². The molecule has 4 nitrogen and oxygen atoms in total. The molecule has 18 heavy (non-hydrogen) atoms. The summed E-state index contributed by atoms with van der Waals surface area (Å²) in [6.45, 7) is 5.83. The maximum absolute atomic E-state index is 11.7. The van der Waals surface area contributed by atoms with Crippen molar-refractivity contribution in [2.75, 3.05) is 7.11 Å². The molecule has 3 atom stereocenters. The number of esters is 1. The molecule has 1 heterocycles. The van der Waals surface area contributed by atoms with Gasteiger partial charge in [-0.05, 0) is 26.7 Å². The fourth-order valence-corrected chi connectivity index (χ4v) is 3.50. The fraction of sp³-hybridized carbons (Fsp3) is 0.692. The van der Waals surface area contributed by atoms with Gasteiger partial charge < -0.3 is 10.1 Å². The number of ether oxygens (including phenoxy) is 1. The Balaban J connectivity index is 2.69. The van der Waals surface area contributed by atoms with Gasteiger partial charge in [0.05, 0.1) is 18.4 Å². The Morgan fingerprint density at radius 1 is 1.44 bits per heavy atom. The molecule has 0 saturated carbocycles. The van der Waals surface area contributed by atoms with Crippen molar-refractivity contribution >= 4 is 23.6 Å². The van der Waals surface area contributed by atoms with E-state index in [2.05, 4.69) is 12.2 Å². The lowest BCUT2D eigenvalue weighted by molar-refractivity contribution is -0.145. The number of hydrogen-bond donors (Lipinski definition) is 1. The summed E-state index contributed by atoms with van der Waals surface area (Å²) in [5.41, 5.74) is 0.942. The van der Waals surface area contributed by atoms with Gasteiger partial charge in [-0.3, -0.25) is 9.59 Å². The summed E-state index contributed by atoms with van der Waals surface area (Å²) in [5.74, 6) is -0.612. The van der Waals surface area contributed by atoms with Crippen molar-refractivity contribution in [2.45, 2.75) is 44.2 Å². The predicted octanol–water partition coefficient (Wildman–Crippen LogP) is 2.10. The Bertz CT molecular complexity index is 350. The molecule has 5 heteroatoms. The molecular formula is C13H21NO3S. The number of thioether (sulfide) groups is 1. The number of amides is 1. The van der Waals surface area contributed by atoms with Gasteiger partial charge in [-0.25, -0.2) is 0 Å². The molecule has 0 aromatic carbocycles. The SMILES string of the molecule is CCC1CC(C(=O)OC)C(NC(=O)C=C(C)C)S1. The molecular weight excluding hydrogens is 250 g/mol. The highest BCUT2D eigenvalue weighted by molar-refractivity contribution is 8.00. The highest BCUT2D eigenvalue weighted by Crippen LogP contribution is 2.39. The summed E-state index contributed by atoms with van der Waals surface area (Å²) in [7, 11) is 1.39. The molecule has 1 rings (SSSR count). The number of methoxy groups -OCH3 is 1. The lowest BCUT2D eigenvalue weighted by Gasteiger charge is -2.17. The molecule has 1 saturated heterocycles. The molecule has 102 valence electrons. The van der Waals surface area contributed by atoms with Crippen LogP contribution in [0, 0.1) is 5.92 Å². The van der Waals surface area contributed by atoms with E-state index in [9.17, 15) is 9.59 Å². The minimum Gasteiger partial charge on any atom is -0.469 e. The van der Waals surface area contributed by atoms with Crippen LogP contribution in [0.1, 0.15) is 33.6 Å². The van der Waals surface area contributed by atoms with E-state index in [1.165, 1.54) is 7.11 Å². The molecule has 0 bridgehead atoms. The first-order valence-corrected chi connectivity index (χ1v) is 7.10. The number of nitrogens with one attached hydrogen (secondary N) is 1. The summed E-state index contributed by atoms with van der Waals surface area (Å²) < 4.78 is 4.80. The first kappa shape index (κ1) is 15.1. The van der Waals surface area contributed by atoms with E-state index in [1.54, 1.807) is 17.8 Å². The lowest BCUT2D eigenvalue weighted by atomic mass is 10.0. The quantitative estimate of drug-likeness (QED) is 0.628. The normalized spacial score (nSPS) is 26.6. The van der Waals surface area contributed by atoms with Crippen molar-refractivity contribution in [2.24, 2.45) is 5.92 Å². The minimum absolute atomic E-state index is 0.141. The Kier molecular flexibility index (Phi) is 5.72. The van der Waals surface area contributed by atoms with Crippen LogP contribution in [0.4, 0.5) is 0 Å². The molecule has 0 aromatic heterocycles. The third-order valence-electron chi connectivity index (χ3n) is 2.88. The predicted molar refractivity (Wildman–Crippen MR) is 73.2 cm³/mol. The highest BCUT2D eigenvalue weighted by Gasteiger charge is 2.40. The first-order valence-electron chi connectivity index (χ1n) is 6.16. The van der Waals surface area contributed by atoms with Gasteiger partial charge in [0.15, 0.2) is 0 Å². The van der Waals surface area contributed by atoms with Gasteiger partial charge in [0.25, 0.3) is 0 Å². The zero-order chi connectivity index (χ0) is 13.7. The van der Waals surface area contributed by atoms with Crippen LogP contribution in [-0.2, 0) is 14.3 Å². The highest BCUT2D eigenvalue weighted by atomic mass is 32.2. The van der Waals surface area contributed by atoms with E-state index in [0.29, 0.717) is 5.25 Å². The van der Waals surface area contributed by atoms with E-state index >= 15 is 0 Å². The smallest absolute Gasteiger partial charge is 0.311 e. The first-order chi connectivity index (χ1) is 8.47. The summed E-state index contributed by atoms with van der Waals surface area (Å²) >= 11 is 1.66. The van der Waals surface area contributed by atoms with Crippen LogP contribution >= 0.6 is 11.8 Å². The molecule has 0 spiro atoms. The molecule has 0 radical (unpaired) electrons. The number of hydrogen-bond acceptors (Lipinski definition) is 4. The van der Waals surface area contributed by atoms with E-state index in [4.69, 9.17) is 4.74 Å². The number of carbonyl (C=O) groups is 2. The van der Waals surface area contributed by atoms with Gasteiger partial charge in [0, 0.05) is 11.3 Å². The molecule has 1 aliphatic rings. The number of carbonyl (C=O) groups excluding carboxylic acids is 2. The van der Waals surface area contributed by atoms with Gasteiger partial charge in [-0.15, -0.1) is 11.8 Å². The second-order valence-corrected chi connectivity index (χ2v) is 6.13. The maximum Gasteiger partial charge on any atom is 0.311 e. The molecule has 1 aliphatic heterocycles. The summed E-state index contributed by atoms with van der Waals surface area (Å²) in [6, 6.07) is 0. The van der Waals surface area contributed by atoms with Crippen LogP contribution in [0.2, 0.25) is 0 Å². The van der Waals surface area contributed by atoms with Crippen molar-refractivity contribution < 1.29 is 14.3 Å². The standard InChI is InChI=1S/C13H21NO3S/c1-5-9-7-10(13(16)17-4)12(18-9)14-11(15)6-8(2)3/h6,9-10,12H,5,7H2,1-4H3,(H,14,15). The Morgan fingerprint density at radius 3 is 2.61 bits per heavy atom. The molecule has 0 aliphatic carbocycles. The van der Waals surface area contributed by atoms with Crippen molar-refractivity contribution in [3.05, 3.63) is 11.6 Å². The van der Waals surface area contributed by atoms with Crippen molar-refractivity contribution in [3.63, 3.8) is 0 Å². The second kappa shape index (κ2) is 6.83. The monoisotopic (exact) mass is 271 g/mol. The second-order valence-electron chi connectivity index (χ2n) is 4.68. The summed E-state index contributed by atoms with van der Waals surface area (Å²) in [4.78, 5) is 23.4. The summed E-state index contributed by atoms with van der Waals surface area (Å²) in [6.07, 6.45) is 3.31. The van der Waals surface area contributed by atoms with E-state index in [-0.39, 0.29) is 23.2 Å². The van der Waals surface area contributed by atoms with E-state index < -0.39 is 0 Å². The largest absolute Gasteiger partial charge is 0.469 e. The molecule has 1 fully saturated rings. The molecule has 1 amide bonds. The van der Waals surface area contributed by atoms with Crippen LogP contribution in [0.3, 0.4) is 0 Å². The number of rotatable bonds is 4. The zero-order valence-corrected chi connectivity index (χ0v) is 12.2. The Hall–Kier alpha value is -0.970. The Labute approximate surface area is 113 Å². The minimum atomic E-state index is -0.237. The third-order valence-corrected chi connectivity index (χ3v) is 4.54. The molecule has 3 unspecified atom stereocenters. The lowest BCUT2D eigenvalue weighted by Crippen LogP contribution is -2.38. The van der Waals surface area contributed by atoms with Crippen LogP contribution < -0.4 is 5.32 Å². The average molecular weight is 271 g/mol. The third kappa shape index (κ3) is 4.05. The average Bonchev–Trinajstić information content (AvgIpc) is 2.70. The summed E-state index contributed by atoms with van der Waals surface area (Å²) in [5, 5.41) is 3.12. The molecule has 0 aromatic rings. The molecule has 1 N–H and O–H groups in total. The van der Waals surface area contributed by atoms with Gasteiger partial charge >= 0.3 is 5.97 Å². The van der Waals surface area contributed by atoms with Crippen LogP contribution in [0.15, 0.2) is 11.6 Å². The van der Waals surface area contributed by atoms with Crippen molar-refractivity contribution in [1.82, 2.24) is 5.32 Å². The van der Waals surface area contributed by atoms with Crippen LogP contribution in [0.25, 0.3) is 0 Å². The maximum atomic E-state index is 11.7. The van der Waals surface area contributed by atoms with E-state index in [1.807, 2.05) is 13.8 Å². The van der Waals surface area contributed by atoms with Crippen LogP contribution in [-0.4, -0.2) is 29.6 Å². The van der Waals surface area contributed by atoms with Crippen molar-refractivity contribution in [1.29, 1.82) is 0 Å².